The van der Waals surface area contributed by atoms with E-state index in [9.17, 15) is 0 Å². The van der Waals surface area contributed by atoms with Gasteiger partial charge in [-0.3, -0.25) is 0 Å². The standard InChI is InChI=1S/C11H20S/c1-9(2)10-5-7-11(10)6-3-4-8-12-11/h9-10H,3-8H2,1-2H3. The number of hydrogen-bond acceptors (Lipinski definition) is 1. The zero-order valence-electron chi connectivity index (χ0n) is 8.31. The molecule has 1 aliphatic heterocycles. The van der Waals surface area contributed by atoms with Crippen LogP contribution in [-0.2, 0) is 0 Å². The second kappa shape index (κ2) is 3.25. The lowest BCUT2D eigenvalue weighted by Gasteiger charge is -2.53. The van der Waals surface area contributed by atoms with Gasteiger partial charge in [0.25, 0.3) is 0 Å². The fourth-order valence-corrected chi connectivity index (χ4v) is 4.85. The summed E-state index contributed by atoms with van der Waals surface area (Å²) in [6, 6.07) is 0. The summed E-state index contributed by atoms with van der Waals surface area (Å²) in [6.07, 6.45) is 7.50. The van der Waals surface area contributed by atoms with Crippen LogP contribution < -0.4 is 0 Å². The summed E-state index contributed by atoms with van der Waals surface area (Å²) in [5.41, 5.74) is 0. The molecule has 2 unspecified atom stereocenters. The first-order valence-corrected chi connectivity index (χ1v) is 6.37. The third-order valence-corrected chi connectivity index (χ3v) is 5.52. The third-order valence-electron chi connectivity index (χ3n) is 3.74. The Hall–Kier alpha value is 0.350. The van der Waals surface area contributed by atoms with Gasteiger partial charge in [0.15, 0.2) is 0 Å². The van der Waals surface area contributed by atoms with Crippen molar-refractivity contribution >= 4 is 11.8 Å². The maximum atomic E-state index is 2.40. The van der Waals surface area contributed by atoms with Crippen molar-refractivity contribution in [1.29, 1.82) is 0 Å². The van der Waals surface area contributed by atoms with Crippen LogP contribution in [0.3, 0.4) is 0 Å². The van der Waals surface area contributed by atoms with Gasteiger partial charge in [-0.25, -0.2) is 0 Å². The smallest absolute Gasteiger partial charge is 0.0190 e. The molecule has 0 amide bonds. The van der Waals surface area contributed by atoms with E-state index in [1.54, 1.807) is 0 Å². The van der Waals surface area contributed by atoms with E-state index < -0.39 is 0 Å². The Morgan fingerprint density at radius 2 is 2.08 bits per heavy atom. The topological polar surface area (TPSA) is 0 Å². The molecule has 0 aromatic heterocycles. The highest BCUT2D eigenvalue weighted by Gasteiger charge is 2.48. The summed E-state index contributed by atoms with van der Waals surface area (Å²) < 4.78 is 0.756. The largest absolute Gasteiger partial charge is 0.155 e. The van der Waals surface area contributed by atoms with E-state index in [0.29, 0.717) is 0 Å². The molecule has 1 spiro atoms. The van der Waals surface area contributed by atoms with Crippen molar-refractivity contribution in [3.05, 3.63) is 0 Å². The predicted octanol–water partition coefficient (Wildman–Crippen LogP) is 3.71. The highest BCUT2D eigenvalue weighted by atomic mass is 32.2. The quantitative estimate of drug-likeness (QED) is 0.598. The van der Waals surface area contributed by atoms with Crippen molar-refractivity contribution < 1.29 is 0 Å². The van der Waals surface area contributed by atoms with Gasteiger partial charge in [0.1, 0.15) is 0 Å². The molecule has 1 saturated heterocycles. The number of hydrogen-bond donors (Lipinski definition) is 0. The van der Waals surface area contributed by atoms with Crippen molar-refractivity contribution in [1.82, 2.24) is 0 Å². The Kier molecular flexibility index (Phi) is 2.42. The Morgan fingerprint density at radius 1 is 1.25 bits per heavy atom. The summed E-state index contributed by atoms with van der Waals surface area (Å²) in [5, 5.41) is 0. The highest BCUT2D eigenvalue weighted by Crippen LogP contribution is 2.56. The minimum atomic E-state index is 0.756. The van der Waals surface area contributed by atoms with Crippen molar-refractivity contribution in [2.45, 2.75) is 50.7 Å². The van der Waals surface area contributed by atoms with Crippen LogP contribution in [-0.4, -0.2) is 10.5 Å². The van der Waals surface area contributed by atoms with E-state index in [1.165, 1.54) is 37.9 Å². The second-order valence-electron chi connectivity index (χ2n) is 4.76. The van der Waals surface area contributed by atoms with E-state index in [0.717, 1.165) is 16.6 Å². The van der Waals surface area contributed by atoms with Gasteiger partial charge in [0, 0.05) is 4.75 Å². The van der Waals surface area contributed by atoms with E-state index in [1.807, 2.05) is 0 Å². The lowest BCUT2D eigenvalue weighted by atomic mass is 9.65. The van der Waals surface area contributed by atoms with Crippen LogP contribution in [0.5, 0.6) is 0 Å². The van der Waals surface area contributed by atoms with Crippen LogP contribution in [0.1, 0.15) is 46.0 Å². The third kappa shape index (κ3) is 1.30. The van der Waals surface area contributed by atoms with Gasteiger partial charge in [-0.1, -0.05) is 20.3 Å². The van der Waals surface area contributed by atoms with Crippen LogP contribution in [0.15, 0.2) is 0 Å². The van der Waals surface area contributed by atoms with Crippen LogP contribution in [0.2, 0.25) is 0 Å². The summed E-state index contributed by atoms with van der Waals surface area (Å²) in [6.45, 7) is 4.81. The molecule has 0 aromatic carbocycles. The minimum Gasteiger partial charge on any atom is -0.155 e. The lowest BCUT2D eigenvalue weighted by Crippen LogP contribution is -2.48. The molecule has 0 nitrogen and oxygen atoms in total. The number of rotatable bonds is 1. The van der Waals surface area contributed by atoms with Crippen molar-refractivity contribution in [3.63, 3.8) is 0 Å². The summed E-state index contributed by atoms with van der Waals surface area (Å²) >= 11 is 2.29. The first-order chi connectivity index (χ1) is 5.75. The zero-order chi connectivity index (χ0) is 8.60. The van der Waals surface area contributed by atoms with Gasteiger partial charge in [0.2, 0.25) is 0 Å². The van der Waals surface area contributed by atoms with E-state index in [-0.39, 0.29) is 0 Å². The highest BCUT2D eigenvalue weighted by molar-refractivity contribution is 8.00. The summed E-state index contributed by atoms with van der Waals surface area (Å²) in [4.78, 5) is 0. The molecule has 2 fully saturated rings. The SMILES string of the molecule is CC(C)C1CCC12CCCCS2. The Labute approximate surface area is 80.5 Å². The molecule has 1 saturated carbocycles. The van der Waals surface area contributed by atoms with Gasteiger partial charge in [0.05, 0.1) is 0 Å². The van der Waals surface area contributed by atoms with E-state index in [2.05, 4.69) is 25.6 Å². The molecule has 0 radical (unpaired) electrons. The molecule has 1 aliphatic carbocycles. The molecule has 0 bridgehead atoms. The monoisotopic (exact) mass is 184 g/mol. The normalized spacial score (nSPS) is 41.8. The first-order valence-electron chi connectivity index (χ1n) is 5.38. The molecule has 0 aromatic rings. The van der Waals surface area contributed by atoms with Gasteiger partial charge in [-0.2, -0.15) is 11.8 Å². The molecule has 1 heterocycles. The maximum Gasteiger partial charge on any atom is 0.0190 e. The Morgan fingerprint density at radius 3 is 2.50 bits per heavy atom. The molecule has 2 atom stereocenters. The predicted molar refractivity (Wildman–Crippen MR) is 56.6 cm³/mol. The zero-order valence-corrected chi connectivity index (χ0v) is 9.12. The average Bonchev–Trinajstić information content (AvgIpc) is 2.03. The van der Waals surface area contributed by atoms with Crippen LogP contribution >= 0.6 is 11.8 Å². The van der Waals surface area contributed by atoms with Crippen LogP contribution in [0.4, 0.5) is 0 Å². The molecule has 2 aliphatic rings. The van der Waals surface area contributed by atoms with Gasteiger partial charge >= 0.3 is 0 Å². The minimum absolute atomic E-state index is 0.756. The summed E-state index contributed by atoms with van der Waals surface area (Å²) in [5.74, 6) is 3.40. The fourth-order valence-electron chi connectivity index (χ4n) is 2.94. The van der Waals surface area contributed by atoms with Crippen LogP contribution in [0.25, 0.3) is 0 Å². The fraction of sp³-hybridized carbons (Fsp3) is 1.00. The second-order valence-corrected chi connectivity index (χ2v) is 6.27. The molecule has 2 rings (SSSR count). The molecule has 0 N–H and O–H groups in total. The van der Waals surface area contributed by atoms with Gasteiger partial charge in [-0.05, 0) is 43.3 Å². The Balaban J connectivity index is 2.00. The maximum absolute atomic E-state index is 2.40. The molecule has 70 valence electrons. The van der Waals surface area contributed by atoms with Gasteiger partial charge in [-0.15, -0.1) is 0 Å². The molecule has 1 heteroatoms. The average molecular weight is 184 g/mol. The van der Waals surface area contributed by atoms with Crippen molar-refractivity contribution in [3.8, 4) is 0 Å². The van der Waals surface area contributed by atoms with Crippen molar-refractivity contribution in [2.24, 2.45) is 11.8 Å². The lowest BCUT2D eigenvalue weighted by molar-refractivity contribution is 0.142. The Bertz CT molecular complexity index is 156. The summed E-state index contributed by atoms with van der Waals surface area (Å²) in [7, 11) is 0. The van der Waals surface area contributed by atoms with Crippen molar-refractivity contribution in [2.75, 3.05) is 5.75 Å². The first kappa shape index (κ1) is 8.93. The van der Waals surface area contributed by atoms with E-state index in [4.69, 9.17) is 0 Å². The van der Waals surface area contributed by atoms with E-state index >= 15 is 0 Å². The van der Waals surface area contributed by atoms with Gasteiger partial charge < -0.3 is 0 Å². The molecule has 12 heavy (non-hydrogen) atoms. The molecular weight excluding hydrogens is 164 g/mol. The number of thioether (sulfide) groups is 1. The van der Waals surface area contributed by atoms with Crippen LogP contribution in [0, 0.1) is 11.8 Å². The molecular formula is C11H20S.